The van der Waals surface area contributed by atoms with Crippen molar-refractivity contribution >= 4 is 29.2 Å². The third-order valence-electron chi connectivity index (χ3n) is 5.98. The zero-order chi connectivity index (χ0) is 26.9. The molecule has 2 aliphatic rings. The molecular weight excluding hydrogens is 491 g/mol. The summed E-state index contributed by atoms with van der Waals surface area (Å²) in [6.07, 6.45) is -3.93. The summed E-state index contributed by atoms with van der Waals surface area (Å²) < 4.78 is 49.0. The highest BCUT2D eigenvalue weighted by atomic mass is 19.4. The van der Waals surface area contributed by atoms with E-state index in [1.54, 1.807) is 30.9 Å². The number of hydrogen-bond donors (Lipinski definition) is 1. The Labute approximate surface area is 212 Å². The molecule has 1 N–H and O–H groups in total. The quantitative estimate of drug-likeness (QED) is 0.550. The van der Waals surface area contributed by atoms with Crippen LogP contribution in [0.1, 0.15) is 62.5 Å². The summed E-state index contributed by atoms with van der Waals surface area (Å²) in [6.45, 7) is 5.66. The number of carbonyl (C=O) groups excluding carboxylic acids is 2. The molecule has 0 spiro atoms. The maximum atomic E-state index is 12.7. The van der Waals surface area contributed by atoms with Gasteiger partial charge in [0.05, 0.1) is 11.6 Å². The second-order valence-corrected chi connectivity index (χ2v) is 9.35. The van der Waals surface area contributed by atoms with Gasteiger partial charge in [-0.15, -0.1) is 0 Å². The van der Waals surface area contributed by atoms with Crippen molar-refractivity contribution < 1.29 is 32.2 Å². The molecule has 0 aliphatic carbocycles. The van der Waals surface area contributed by atoms with Crippen LogP contribution in [0.2, 0.25) is 0 Å². The Morgan fingerprint density at radius 1 is 1.24 bits per heavy atom. The maximum Gasteiger partial charge on any atom is 0.422 e. The van der Waals surface area contributed by atoms with E-state index in [9.17, 15) is 22.8 Å². The highest BCUT2D eigenvalue weighted by Gasteiger charge is 2.33. The Balaban J connectivity index is 1.69. The minimum absolute atomic E-state index is 0.176. The number of anilines is 2. The van der Waals surface area contributed by atoms with Crippen molar-refractivity contribution in [2.24, 2.45) is 10.9 Å². The van der Waals surface area contributed by atoms with E-state index in [-0.39, 0.29) is 47.0 Å². The SMILES string of the molecule is CC(=O)c1ccc(OCC(F)(F)F)nc1N1CCC2CC1=NC(C)c1cc(NC(=O)C(C)C)nc(c1)O2. The van der Waals surface area contributed by atoms with Gasteiger partial charge >= 0.3 is 6.18 Å². The van der Waals surface area contributed by atoms with Crippen molar-refractivity contribution in [2.45, 2.75) is 58.9 Å². The zero-order valence-electron chi connectivity index (χ0n) is 20.9. The molecule has 1 amide bonds. The van der Waals surface area contributed by atoms with Crippen molar-refractivity contribution in [3.8, 4) is 11.8 Å². The highest BCUT2D eigenvalue weighted by molar-refractivity contribution is 6.06. The number of piperidine rings is 1. The monoisotopic (exact) mass is 519 g/mol. The first-order valence-corrected chi connectivity index (χ1v) is 11.9. The van der Waals surface area contributed by atoms with E-state index in [2.05, 4.69) is 15.3 Å². The van der Waals surface area contributed by atoms with E-state index in [0.717, 1.165) is 5.56 Å². The molecule has 37 heavy (non-hydrogen) atoms. The number of Topliss-reactive ketones (excluding diaryl/α,β-unsaturated/α-hetero) is 1. The van der Waals surface area contributed by atoms with E-state index in [4.69, 9.17) is 14.5 Å². The Morgan fingerprint density at radius 3 is 2.68 bits per heavy atom. The molecule has 1 saturated heterocycles. The fourth-order valence-electron chi connectivity index (χ4n) is 4.05. The number of amides is 1. The van der Waals surface area contributed by atoms with Crippen LogP contribution in [0.15, 0.2) is 29.3 Å². The number of nitrogens with zero attached hydrogens (tertiary/aromatic N) is 4. The zero-order valence-corrected chi connectivity index (χ0v) is 20.9. The Morgan fingerprint density at radius 2 is 2.00 bits per heavy atom. The van der Waals surface area contributed by atoms with Crippen molar-refractivity contribution in [3.63, 3.8) is 0 Å². The summed E-state index contributed by atoms with van der Waals surface area (Å²) in [5.74, 6) is 0.548. The van der Waals surface area contributed by atoms with Gasteiger partial charge in [-0.2, -0.15) is 23.1 Å². The predicted octanol–water partition coefficient (Wildman–Crippen LogP) is 4.74. The first-order chi connectivity index (χ1) is 17.4. The third-order valence-corrected chi connectivity index (χ3v) is 5.98. The van der Waals surface area contributed by atoms with Gasteiger partial charge in [-0.1, -0.05) is 13.8 Å². The van der Waals surface area contributed by atoms with E-state index in [1.165, 1.54) is 19.1 Å². The van der Waals surface area contributed by atoms with E-state index < -0.39 is 12.8 Å². The van der Waals surface area contributed by atoms with Crippen molar-refractivity contribution in [1.29, 1.82) is 0 Å². The predicted molar refractivity (Wildman–Crippen MR) is 130 cm³/mol. The van der Waals surface area contributed by atoms with Crippen LogP contribution in [-0.4, -0.2) is 52.9 Å². The summed E-state index contributed by atoms with van der Waals surface area (Å²) in [5, 5.41) is 2.79. The lowest BCUT2D eigenvalue weighted by atomic mass is 10.0. The second-order valence-electron chi connectivity index (χ2n) is 9.35. The van der Waals surface area contributed by atoms with Gasteiger partial charge < -0.3 is 19.7 Å². The molecule has 198 valence electrons. The first kappa shape index (κ1) is 26.4. The topological polar surface area (TPSA) is 106 Å². The largest absolute Gasteiger partial charge is 0.474 e. The molecule has 2 unspecified atom stereocenters. The molecule has 4 bridgehead atoms. The van der Waals surface area contributed by atoms with Crippen LogP contribution >= 0.6 is 0 Å². The van der Waals surface area contributed by atoms with Gasteiger partial charge in [0.1, 0.15) is 23.6 Å². The molecule has 9 nitrogen and oxygen atoms in total. The number of amidine groups is 1. The average molecular weight is 520 g/mol. The minimum atomic E-state index is -4.52. The number of hydrogen-bond acceptors (Lipinski definition) is 8. The molecule has 1 fully saturated rings. The van der Waals surface area contributed by atoms with E-state index in [0.29, 0.717) is 36.9 Å². The van der Waals surface area contributed by atoms with Gasteiger partial charge in [0.2, 0.25) is 17.7 Å². The van der Waals surface area contributed by atoms with Gasteiger partial charge in [-0.05, 0) is 31.5 Å². The Kier molecular flexibility index (Phi) is 7.37. The van der Waals surface area contributed by atoms with Gasteiger partial charge in [0.15, 0.2) is 12.4 Å². The highest BCUT2D eigenvalue weighted by Crippen LogP contribution is 2.33. The van der Waals surface area contributed by atoms with Gasteiger partial charge in [-0.25, -0.2) is 0 Å². The van der Waals surface area contributed by atoms with Crippen LogP contribution in [0.3, 0.4) is 0 Å². The molecule has 2 atom stereocenters. The van der Waals surface area contributed by atoms with Gasteiger partial charge in [0.25, 0.3) is 0 Å². The van der Waals surface area contributed by atoms with E-state index >= 15 is 0 Å². The van der Waals surface area contributed by atoms with E-state index in [1.807, 2.05) is 6.92 Å². The summed E-state index contributed by atoms with van der Waals surface area (Å²) in [7, 11) is 0. The number of aromatic nitrogens is 2. The maximum absolute atomic E-state index is 12.7. The van der Waals surface area contributed by atoms with Crippen molar-refractivity contribution in [3.05, 3.63) is 35.4 Å². The molecule has 0 radical (unpaired) electrons. The summed E-state index contributed by atoms with van der Waals surface area (Å²) in [6, 6.07) is 5.79. The lowest BCUT2D eigenvalue weighted by Gasteiger charge is -2.34. The lowest BCUT2D eigenvalue weighted by molar-refractivity contribution is -0.154. The van der Waals surface area contributed by atoms with Crippen LogP contribution in [0.25, 0.3) is 0 Å². The van der Waals surface area contributed by atoms with Gasteiger partial charge in [0, 0.05) is 37.4 Å². The number of carbonyl (C=O) groups is 2. The number of pyridine rings is 2. The molecule has 2 aromatic heterocycles. The number of nitrogens with one attached hydrogen (secondary N) is 1. The first-order valence-electron chi connectivity index (χ1n) is 11.9. The third kappa shape index (κ3) is 6.36. The smallest absolute Gasteiger partial charge is 0.422 e. The van der Waals surface area contributed by atoms with Crippen LogP contribution in [0.4, 0.5) is 24.8 Å². The van der Waals surface area contributed by atoms with Crippen LogP contribution < -0.4 is 19.7 Å². The number of ether oxygens (including phenoxy) is 2. The summed E-state index contributed by atoms with van der Waals surface area (Å²) in [4.78, 5) is 39.9. The number of ketones is 1. The number of halogens is 3. The van der Waals surface area contributed by atoms with Crippen LogP contribution in [0, 0.1) is 5.92 Å². The molecule has 4 heterocycles. The number of fused-ring (bicyclic) bond motifs is 4. The molecule has 0 aromatic carbocycles. The van der Waals surface area contributed by atoms with Gasteiger partial charge in [-0.3, -0.25) is 14.6 Å². The van der Waals surface area contributed by atoms with Crippen LogP contribution in [0.5, 0.6) is 11.8 Å². The standard InChI is InChI=1S/C25H28F3N5O4/c1-13(2)24(35)31-19-9-16-10-22(30-19)37-17-7-8-33(20(11-17)29-14(16)3)23-18(15(4)34)5-6-21(32-23)36-12-25(26,27)28/h5-6,9-10,13-14,17H,7-8,11-12H2,1-4H3,(H,30,31,35). The molecular formula is C25H28F3N5O4. The number of aliphatic imine (C=N–C) groups is 1. The molecule has 4 rings (SSSR count). The lowest BCUT2D eigenvalue weighted by Crippen LogP contribution is -2.44. The fourth-order valence-corrected chi connectivity index (χ4v) is 4.05. The second kappa shape index (κ2) is 10.3. The summed E-state index contributed by atoms with van der Waals surface area (Å²) in [5.41, 5.74) is 1.00. The van der Waals surface area contributed by atoms with Crippen molar-refractivity contribution in [2.75, 3.05) is 23.4 Å². The Hall–Kier alpha value is -3.70. The molecule has 2 aromatic rings. The Bertz CT molecular complexity index is 1230. The van der Waals surface area contributed by atoms with Crippen LogP contribution in [-0.2, 0) is 4.79 Å². The van der Waals surface area contributed by atoms with Crippen molar-refractivity contribution in [1.82, 2.24) is 9.97 Å². The minimum Gasteiger partial charge on any atom is -0.474 e. The average Bonchev–Trinajstić information content (AvgIpc) is 2.84. The molecule has 12 heteroatoms. The summed E-state index contributed by atoms with van der Waals surface area (Å²) >= 11 is 0. The molecule has 0 saturated carbocycles. The fraction of sp³-hybridized carbons (Fsp3) is 0.480. The number of alkyl halides is 3. The normalized spacial score (nSPS) is 19.2. The molecule has 2 aliphatic heterocycles. The number of rotatable bonds is 6.